The van der Waals surface area contributed by atoms with Gasteiger partial charge in [-0.05, 0) is 54.3 Å². The number of ketones is 1. The van der Waals surface area contributed by atoms with Crippen LogP contribution >= 0.6 is 11.3 Å². The Kier molecular flexibility index (Phi) is 7.25. The third-order valence-electron chi connectivity index (χ3n) is 5.93. The van der Waals surface area contributed by atoms with Crippen molar-refractivity contribution in [1.29, 1.82) is 0 Å². The van der Waals surface area contributed by atoms with Crippen molar-refractivity contribution in [2.24, 2.45) is 11.8 Å². The lowest BCUT2D eigenvalue weighted by Crippen LogP contribution is -2.18. The fraction of sp³-hybridized carbons (Fsp3) is 0.500. The number of nitrogens with zero attached hydrogens (tertiary/aromatic N) is 2. The van der Waals surface area contributed by atoms with Gasteiger partial charge in [0.1, 0.15) is 5.82 Å². The summed E-state index contributed by atoms with van der Waals surface area (Å²) in [6.45, 7) is 8.57. The molecule has 156 valence electrons. The van der Waals surface area contributed by atoms with Crippen LogP contribution in [-0.4, -0.2) is 27.0 Å². The highest BCUT2D eigenvalue weighted by atomic mass is 32.1. The molecule has 0 radical (unpaired) electrons. The number of rotatable bonds is 10. The van der Waals surface area contributed by atoms with Gasteiger partial charge < -0.3 is 9.67 Å². The predicted octanol–water partition coefficient (Wildman–Crippen LogP) is 5.89. The van der Waals surface area contributed by atoms with Gasteiger partial charge in [-0.1, -0.05) is 33.8 Å². The highest BCUT2D eigenvalue weighted by molar-refractivity contribution is 7.09. The zero-order chi connectivity index (χ0) is 21.0. The summed E-state index contributed by atoms with van der Waals surface area (Å²) in [6.07, 6.45) is 3.28. The van der Waals surface area contributed by atoms with Crippen LogP contribution in [0.25, 0.3) is 11.0 Å². The Morgan fingerprint density at radius 1 is 1.21 bits per heavy atom. The molecule has 0 bridgehead atoms. The van der Waals surface area contributed by atoms with E-state index in [0.29, 0.717) is 18.0 Å². The minimum atomic E-state index is -0.00490. The van der Waals surface area contributed by atoms with E-state index in [9.17, 15) is 9.90 Å². The van der Waals surface area contributed by atoms with Crippen molar-refractivity contribution in [2.45, 2.75) is 59.4 Å². The Morgan fingerprint density at radius 2 is 1.97 bits per heavy atom. The molecule has 2 aromatic heterocycles. The van der Waals surface area contributed by atoms with Crippen molar-refractivity contribution in [1.82, 2.24) is 9.55 Å². The van der Waals surface area contributed by atoms with Crippen molar-refractivity contribution in [2.75, 3.05) is 6.61 Å². The summed E-state index contributed by atoms with van der Waals surface area (Å²) in [5, 5.41) is 11.7. The molecule has 29 heavy (non-hydrogen) atoms. The largest absolute Gasteiger partial charge is 0.396 e. The molecule has 0 amide bonds. The van der Waals surface area contributed by atoms with Gasteiger partial charge in [-0.2, -0.15) is 0 Å². The van der Waals surface area contributed by atoms with Gasteiger partial charge in [-0.25, -0.2) is 4.98 Å². The van der Waals surface area contributed by atoms with Crippen molar-refractivity contribution >= 4 is 28.2 Å². The van der Waals surface area contributed by atoms with Crippen molar-refractivity contribution in [3.05, 3.63) is 52.0 Å². The van der Waals surface area contributed by atoms with Gasteiger partial charge in [-0.15, -0.1) is 11.3 Å². The number of hydrogen-bond acceptors (Lipinski definition) is 4. The van der Waals surface area contributed by atoms with E-state index in [0.717, 1.165) is 36.1 Å². The van der Waals surface area contributed by atoms with Crippen LogP contribution in [0.15, 0.2) is 35.7 Å². The number of carbonyl (C=O) groups excluding carboxylic acids is 1. The molecule has 1 N–H and O–H groups in total. The average molecular weight is 413 g/mol. The summed E-state index contributed by atoms with van der Waals surface area (Å²) >= 11 is 1.75. The molecule has 0 fully saturated rings. The molecule has 1 atom stereocenters. The van der Waals surface area contributed by atoms with Gasteiger partial charge in [-0.3, -0.25) is 4.79 Å². The number of carbonyl (C=O) groups is 1. The van der Waals surface area contributed by atoms with Crippen molar-refractivity contribution in [3.8, 4) is 0 Å². The minimum Gasteiger partial charge on any atom is -0.396 e. The monoisotopic (exact) mass is 412 g/mol. The standard InChI is InChI=1S/C24H32N2O2S/c1-5-19(6-2)26-22-10-9-17(23(28)13-18(15-27)16(3)4)12-21(22)25-24(26)14-20-8-7-11-29-20/h7-12,16,18-19,27H,5-6,13-15H2,1-4H3/t18-/m1/s1. The Labute approximate surface area is 177 Å². The predicted molar refractivity (Wildman–Crippen MR) is 121 cm³/mol. The molecule has 4 nitrogen and oxygen atoms in total. The fourth-order valence-electron chi connectivity index (χ4n) is 3.94. The summed E-state index contributed by atoms with van der Waals surface area (Å²) < 4.78 is 2.37. The molecule has 3 rings (SSSR count). The van der Waals surface area contributed by atoms with Gasteiger partial charge in [0.2, 0.25) is 0 Å². The second-order valence-electron chi connectivity index (χ2n) is 8.14. The molecule has 0 saturated carbocycles. The molecule has 0 aliphatic carbocycles. The highest BCUT2D eigenvalue weighted by Gasteiger charge is 2.21. The smallest absolute Gasteiger partial charge is 0.163 e. The number of aliphatic hydroxyl groups is 1. The van der Waals surface area contributed by atoms with Crippen LogP contribution < -0.4 is 0 Å². The van der Waals surface area contributed by atoms with E-state index < -0.39 is 0 Å². The lowest BCUT2D eigenvalue weighted by atomic mass is 9.89. The minimum absolute atomic E-state index is 0.00490. The summed E-state index contributed by atoms with van der Waals surface area (Å²) in [7, 11) is 0. The van der Waals surface area contributed by atoms with Crippen LogP contribution in [0, 0.1) is 11.8 Å². The number of thiophene rings is 1. The van der Waals surface area contributed by atoms with Crippen molar-refractivity contribution < 1.29 is 9.90 Å². The third kappa shape index (κ3) is 4.78. The first-order valence-corrected chi connectivity index (χ1v) is 11.5. The topological polar surface area (TPSA) is 55.1 Å². The second kappa shape index (κ2) is 9.68. The van der Waals surface area contributed by atoms with Gasteiger partial charge in [0, 0.05) is 35.9 Å². The van der Waals surface area contributed by atoms with Crippen molar-refractivity contribution in [3.63, 3.8) is 0 Å². The van der Waals surface area contributed by atoms with Crippen LogP contribution in [0.2, 0.25) is 0 Å². The summed E-state index contributed by atoms with van der Waals surface area (Å²) in [4.78, 5) is 19.1. The second-order valence-corrected chi connectivity index (χ2v) is 9.17. The molecule has 3 aromatic rings. The molecule has 1 aromatic carbocycles. The Hall–Kier alpha value is -1.98. The van der Waals surface area contributed by atoms with Gasteiger partial charge in [0.25, 0.3) is 0 Å². The van der Waals surface area contributed by atoms with Crippen LogP contribution in [0.3, 0.4) is 0 Å². The molecular formula is C24H32N2O2S. The van der Waals surface area contributed by atoms with E-state index in [-0.39, 0.29) is 24.2 Å². The van der Waals surface area contributed by atoms with Gasteiger partial charge in [0.05, 0.1) is 11.0 Å². The van der Waals surface area contributed by atoms with Crippen LogP contribution in [0.4, 0.5) is 0 Å². The van der Waals surface area contributed by atoms with E-state index in [1.165, 1.54) is 4.88 Å². The first-order valence-electron chi connectivity index (χ1n) is 10.7. The van der Waals surface area contributed by atoms with Gasteiger partial charge in [0.15, 0.2) is 5.78 Å². The summed E-state index contributed by atoms with van der Waals surface area (Å²) in [5.74, 6) is 1.42. The zero-order valence-electron chi connectivity index (χ0n) is 17.9. The molecule has 0 aliphatic heterocycles. The third-order valence-corrected chi connectivity index (χ3v) is 6.81. The average Bonchev–Trinajstić information content (AvgIpc) is 3.34. The van der Waals surface area contributed by atoms with Crippen LogP contribution in [0.1, 0.15) is 74.1 Å². The van der Waals surface area contributed by atoms with Crippen LogP contribution in [0.5, 0.6) is 0 Å². The number of imidazole rings is 1. The lowest BCUT2D eigenvalue weighted by molar-refractivity contribution is 0.0907. The first kappa shape index (κ1) is 21.7. The zero-order valence-corrected chi connectivity index (χ0v) is 18.7. The maximum absolute atomic E-state index is 12.8. The Balaban J connectivity index is 1.99. The molecule has 0 aliphatic rings. The Morgan fingerprint density at radius 3 is 2.55 bits per heavy atom. The van der Waals surface area contributed by atoms with E-state index >= 15 is 0 Å². The van der Waals surface area contributed by atoms with E-state index in [2.05, 4.69) is 42.0 Å². The maximum atomic E-state index is 12.8. The molecule has 0 spiro atoms. The number of Topliss-reactive ketones (excluding diaryl/α,β-unsaturated/α-hetero) is 1. The number of hydrogen-bond donors (Lipinski definition) is 1. The number of aromatic nitrogens is 2. The maximum Gasteiger partial charge on any atom is 0.163 e. The number of fused-ring (bicyclic) bond motifs is 1. The molecule has 0 saturated heterocycles. The molecule has 5 heteroatoms. The SMILES string of the molecule is CCC(CC)n1c(Cc2cccs2)nc2cc(C(=O)C[C@H](CO)C(C)C)ccc21. The fourth-order valence-corrected chi connectivity index (χ4v) is 4.65. The van der Waals surface area contributed by atoms with E-state index in [1.807, 2.05) is 26.0 Å². The molecule has 2 heterocycles. The van der Waals surface area contributed by atoms with E-state index in [1.54, 1.807) is 11.3 Å². The Bertz CT molecular complexity index is 939. The highest BCUT2D eigenvalue weighted by Crippen LogP contribution is 2.29. The van der Waals surface area contributed by atoms with Crippen LogP contribution in [-0.2, 0) is 6.42 Å². The summed E-state index contributed by atoms with van der Waals surface area (Å²) in [5.41, 5.74) is 2.68. The molecule has 0 unspecified atom stereocenters. The molecular weight excluding hydrogens is 380 g/mol. The summed E-state index contributed by atoms with van der Waals surface area (Å²) in [6, 6.07) is 10.5. The first-order chi connectivity index (χ1) is 14.0. The quantitative estimate of drug-likeness (QED) is 0.423. The number of benzene rings is 1. The number of aliphatic hydroxyl groups excluding tert-OH is 1. The lowest BCUT2D eigenvalue weighted by Gasteiger charge is -2.19. The van der Waals surface area contributed by atoms with Gasteiger partial charge >= 0.3 is 0 Å². The normalized spacial score (nSPS) is 12.9. The van der Waals surface area contributed by atoms with E-state index in [4.69, 9.17) is 4.98 Å².